The van der Waals surface area contributed by atoms with E-state index in [1.807, 2.05) is 0 Å². The molecular formula is C13H15F3N2O2. The molecular weight excluding hydrogens is 273 g/mol. The second-order valence-electron chi connectivity index (χ2n) is 4.56. The van der Waals surface area contributed by atoms with Crippen molar-refractivity contribution < 1.29 is 22.7 Å². The van der Waals surface area contributed by atoms with Gasteiger partial charge in [-0.3, -0.25) is 4.79 Å². The summed E-state index contributed by atoms with van der Waals surface area (Å²) >= 11 is 0. The first-order valence-corrected chi connectivity index (χ1v) is 6.14. The lowest BCUT2D eigenvalue weighted by atomic mass is 10.1. The molecule has 0 radical (unpaired) electrons. The van der Waals surface area contributed by atoms with Crippen molar-refractivity contribution in [1.29, 1.82) is 0 Å². The third-order valence-corrected chi connectivity index (χ3v) is 3.25. The van der Waals surface area contributed by atoms with Crippen molar-refractivity contribution in [2.75, 3.05) is 20.2 Å². The molecule has 0 aromatic heterocycles. The van der Waals surface area contributed by atoms with Gasteiger partial charge in [-0.2, -0.15) is 13.2 Å². The van der Waals surface area contributed by atoms with Gasteiger partial charge in [0.25, 0.3) is 5.91 Å². The van der Waals surface area contributed by atoms with Crippen molar-refractivity contribution in [3.8, 4) is 0 Å². The average Bonchev–Trinajstić information content (AvgIpc) is 2.85. The summed E-state index contributed by atoms with van der Waals surface area (Å²) in [6.45, 7) is 1.03. The number of ether oxygens (including phenoxy) is 1. The van der Waals surface area contributed by atoms with Crippen molar-refractivity contribution >= 4 is 5.91 Å². The van der Waals surface area contributed by atoms with Gasteiger partial charge in [-0.1, -0.05) is 12.1 Å². The van der Waals surface area contributed by atoms with Gasteiger partial charge in [-0.05, 0) is 12.1 Å². The Morgan fingerprint density at radius 2 is 2.05 bits per heavy atom. The fraction of sp³-hybridized carbons (Fsp3) is 0.462. The van der Waals surface area contributed by atoms with Crippen LogP contribution in [0.3, 0.4) is 0 Å². The molecule has 1 unspecified atom stereocenters. The molecule has 2 N–H and O–H groups in total. The third-order valence-electron chi connectivity index (χ3n) is 3.25. The fourth-order valence-electron chi connectivity index (χ4n) is 2.22. The number of methoxy groups -OCH3 is 1. The molecule has 1 saturated heterocycles. The predicted molar refractivity (Wildman–Crippen MR) is 66.4 cm³/mol. The molecule has 20 heavy (non-hydrogen) atoms. The standard InChI is InChI=1S/C13H15F3N2O2/c1-20-11-7-17-6-10(11)18-12(19)8-4-2-3-5-9(8)13(14,15)16/h2-5,10-11,17H,6-7H2,1H3,(H,18,19)/t10?,11-/m0/s1. The van der Waals surface area contributed by atoms with E-state index in [9.17, 15) is 18.0 Å². The first kappa shape index (κ1) is 14.8. The smallest absolute Gasteiger partial charge is 0.378 e. The predicted octanol–water partition coefficient (Wildman–Crippen LogP) is 1.42. The van der Waals surface area contributed by atoms with E-state index in [0.717, 1.165) is 6.07 Å². The Labute approximate surface area is 114 Å². The maximum atomic E-state index is 12.8. The Bertz CT molecular complexity index is 491. The minimum Gasteiger partial charge on any atom is -0.378 e. The van der Waals surface area contributed by atoms with Gasteiger partial charge in [0.2, 0.25) is 0 Å². The number of hydrogen-bond donors (Lipinski definition) is 2. The lowest BCUT2D eigenvalue weighted by Gasteiger charge is -2.20. The largest absolute Gasteiger partial charge is 0.417 e. The number of carbonyl (C=O) groups excluding carboxylic acids is 1. The van der Waals surface area contributed by atoms with Crippen molar-refractivity contribution in [3.05, 3.63) is 35.4 Å². The van der Waals surface area contributed by atoms with E-state index in [-0.39, 0.29) is 17.7 Å². The summed E-state index contributed by atoms with van der Waals surface area (Å²) in [5.41, 5.74) is -1.31. The van der Waals surface area contributed by atoms with Crippen molar-refractivity contribution in [3.63, 3.8) is 0 Å². The lowest BCUT2D eigenvalue weighted by molar-refractivity contribution is -0.137. The Kier molecular flexibility index (Phi) is 4.29. The summed E-state index contributed by atoms with van der Waals surface area (Å²) in [5.74, 6) is -0.742. The van der Waals surface area contributed by atoms with Crippen LogP contribution in [0.25, 0.3) is 0 Å². The second-order valence-corrected chi connectivity index (χ2v) is 4.56. The van der Waals surface area contributed by atoms with E-state index in [1.165, 1.54) is 25.3 Å². The van der Waals surface area contributed by atoms with Crippen LogP contribution in [0.5, 0.6) is 0 Å². The molecule has 0 aliphatic carbocycles. The quantitative estimate of drug-likeness (QED) is 0.884. The fourth-order valence-corrected chi connectivity index (χ4v) is 2.22. The molecule has 1 aromatic rings. The van der Waals surface area contributed by atoms with Crippen LogP contribution < -0.4 is 10.6 Å². The topological polar surface area (TPSA) is 50.4 Å². The molecule has 1 fully saturated rings. The number of rotatable bonds is 3. The summed E-state index contributed by atoms with van der Waals surface area (Å²) in [6, 6.07) is 4.39. The maximum Gasteiger partial charge on any atom is 0.417 e. The Balaban J connectivity index is 2.18. The summed E-state index contributed by atoms with van der Waals surface area (Å²) in [5, 5.41) is 5.60. The molecule has 1 amide bonds. The molecule has 4 nitrogen and oxygen atoms in total. The van der Waals surface area contributed by atoms with E-state index >= 15 is 0 Å². The third kappa shape index (κ3) is 3.10. The highest BCUT2D eigenvalue weighted by molar-refractivity contribution is 5.96. The molecule has 0 bridgehead atoms. The van der Waals surface area contributed by atoms with E-state index in [2.05, 4.69) is 10.6 Å². The van der Waals surface area contributed by atoms with E-state index < -0.39 is 17.6 Å². The average molecular weight is 288 g/mol. The van der Waals surface area contributed by atoms with Gasteiger partial charge >= 0.3 is 6.18 Å². The van der Waals surface area contributed by atoms with E-state index in [4.69, 9.17) is 4.74 Å². The molecule has 7 heteroatoms. The Morgan fingerprint density at radius 3 is 2.70 bits per heavy atom. The van der Waals surface area contributed by atoms with Crippen molar-refractivity contribution in [1.82, 2.24) is 10.6 Å². The molecule has 1 heterocycles. The monoisotopic (exact) mass is 288 g/mol. The van der Waals surface area contributed by atoms with Gasteiger partial charge in [0.15, 0.2) is 0 Å². The minimum atomic E-state index is -4.55. The van der Waals surface area contributed by atoms with Crippen LogP contribution in [-0.4, -0.2) is 38.3 Å². The number of benzene rings is 1. The highest BCUT2D eigenvalue weighted by atomic mass is 19.4. The van der Waals surface area contributed by atoms with Crippen LogP contribution in [0.2, 0.25) is 0 Å². The Morgan fingerprint density at radius 1 is 1.35 bits per heavy atom. The van der Waals surface area contributed by atoms with Crippen LogP contribution in [0, 0.1) is 0 Å². The van der Waals surface area contributed by atoms with Crippen LogP contribution in [0.15, 0.2) is 24.3 Å². The summed E-state index contributed by atoms with van der Waals surface area (Å²) in [6.07, 6.45) is -4.79. The zero-order valence-electron chi connectivity index (χ0n) is 10.8. The molecule has 110 valence electrons. The second kappa shape index (κ2) is 5.80. The van der Waals surface area contributed by atoms with Gasteiger partial charge in [0.1, 0.15) is 0 Å². The number of carbonyl (C=O) groups is 1. The summed E-state index contributed by atoms with van der Waals surface area (Å²) in [7, 11) is 1.50. The SMILES string of the molecule is CO[C@H]1CNCC1NC(=O)c1ccccc1C(F)(F)F. The highest BCUT2D eigenvalue weighted by Crippen LogP contribution is 2.31. The van der Waals surface area contributed by atoms with Gasteiger partial charge in [0.05, 0.1) is 23.3 Å². The molecule has 2 atom stereocenters. The lowest BCUT2D eigenvalue weighted by Crippen LogP contribution is -2.44. The minimum absolute atomic E-state index is 0.239. The Hall–Kier alpha value is -1.60. The molecule has 2 rings (SSSR count). The van der Waals surface area contributed by atoms with Crippen LogP contribution in [0.1, 0.15) is 15.9 Å². The maximum absolute atomic E-state index is 12.8. The molecule has 1 aliphatic rings. The number of hydrogen-bond acceptors (Lipinski definition) is 3. The van der Waals surface area contributed by atoms with Gasteiger partial charge in [-0.15, -0.1) is 0 Å². The first-order chi connectivity index (χ1) is 9.43. The van der Waals surface area contributed by atoms with Gasteiger partial charge in [0, 0.05) is 20.2 Å². The molecule has 0 saturated carbocycles. The number of alkyl halides is 3. The van der Waals surface area contributed by atoms with Gasteiger partial charge < -0.3 is 15.4 Å². The zero-order chi connectivity index (χ0) is 14.8. The summed E-state index contributed by atoms with van der Waals surface area (Å²) in [4.78, 5) is 12.0. The number of nitrogens with one attached hydrogen (secondary N) is 2. The zero-order valence-corrected chi connectivity index (χ0v) is 10.8. The van der Waals surface area contributed by atoms with Crippen molar-refractivity contribution in [2.24, 2.45) is 0 Å². The van der Waals surface area contributed by atoms with E-state index in [0.29, 0.717) is 13.1 Å². The van der Waals surface area contributed by atoms with Crippen LogP contribution in [0.4, 0.5) is 13.2 Å². The molecule has 1 aromatic carbocycles. The normalized spacial score (nSPS) is 22.8. The summed E-state index contributed by atoms with van der Waals surface area (Å²) < 4.78 is 43.7. The van der Waals surface area contributed by atoms with Crippen molar-refractivity contribution in [2.45, 2.75) is 18.3 Å². The van der Waals surface area contributed by atoms with E-state index in [1.54, 1.807) is 0 Å². The first-order valence-electron chi connectivity index (χ1n) is 6.14. The highest BCUT2D eigenvalue weighted by Gasteiger charge is 2.36. The molecule has 0 spiro atoms. The van der Waals surface area contributed by atoms with Gasteiger partial charge in [-0.25, -0.2) is 0 Å². The number of halogens is 3. The van der Waals surface area contributed by atoms with Crippen LogP contribution in [-0.2, 0) is 10.9 Å². The molecule has 1 aliphatic heterocycles. The number of amides is 1. The van der Waals surface area contributed by atoms with Crippen LogP contribution >= 0.6 is 0 Å².